The smallest absolute Gasteiger partial charge is 0.133 e. The molecule has 0 radical (unpaired) electrons. The van der Waals surface area contributed by atoms with Gasteiger partial charge in [0, 0.05) is 22.1 Å². The van der Waals surface area contributed by atoms with Crippen molar-refractivity contribution in [3.05, 3.63) is 37.7 Å². The van der Waals surface area contributed by atoms with Crippen molar-refractivity contribution in [2.75, 3.05) is 0 Å². The first-order valence-corrected chi connectivity index (χ1v) is 6.54. The van der Waals surface area contributed by atoms with Gasteiger partial charge in [-0.3, -0.25) is 4.68 Å². The summed E-state index contributed by atoms with van der Waals surface area (Å²) in [6.45, 7) is 3.99. The van der Waals surface area contributed by atoms with Gasteiger partial charge in [0.1, 0.15) is 6.10 Å². The molecule has 16 heavy (non-hydrogen) atoms. The zero-order chi connectivity index (χ0) is 11.9. The van der Waals surface area contributed by atoms with E-state index in [1.54, 1.807) is 16.0 Å². The van der Waals surface area contributed by atoms with Gasteiger partial charge in [0.2, 0.25) is 0 Å². The van der Waals surface area contributed by atoms with Crippen LogP contribution in [0.25, 0.3) is 0 Å². The number of rotatable bonds is 2. The van der Waals surface area contributed by atoms with Crippen LogP contribution in [0.2, 0.25) is 0 Å². The molecule has 1 N–H and O–H groups in total. The summed E-state index contributed by atoms with van der Waals surface area (Å²) in [5.41, 5.74) is 1.74. The molecule has 0 bridgehead atoms. The number of aryl methyl sites for hydroxylation is 3. The molecule has 0 saturated carbocycles. The molecule has 0 amide bonds. The van der Waals surface area contributed by atoms with Crippen molar-refractivity contribution in [3.8, 4) is 0 Å². The minimum atomic E-state index is -0.645. The molecule has 3 nitrogen and oxygen atoms in total. The van der Waals surface area contributed by atoms with Crippen LogP contribution in [0.3, 0.4) is 0 Å². The van der Waals surface area contributed by atoms with Crippen molar-refractivity contribution in [2.24, 2.45) is 7.05 Å². The highest BCUT2D eigenvalue weighted by molar-refractivity contribution is 9.10. The Labute approximate surface area is 107 Å². The van der Waals surface area contributed by atoms with Crippen molar-refractivity contribution in [1.82, 2.24) is 9.78 Å². The molecule has 0 aliphatic heterocycles. The molecule has 2 aromatic rings. The van der Waals surface area contributed by atoms with Crippen LogP contribution >= 0.6 is 27.3 Å². The van der Waals surface area contributed by atoms with E-state index in [0.29, 0.717) is 5.69 Å². The summed E-state index contributed by atoms with van der Waals surface area (Å²) in [7, 11) is 1.88. The first-order chi connectivity index (χ1) is 7.49. The molecule has 0 fully saturated rings. The summed E-state index contributed by atoms with van der Waals surface area (Å²) in [4.78, 5) is 2.09. The van der Waals surface area contributed by atoms with Gasteiger partial charge in [-0.15, -0.1) is 11.3 Å². The number of hydrogen-bond donors (Lipinski definition) is 1. The minimum absolute atomic E-state index is 0.645. The van der Waals surface area contributed by atoms with E-state index in [1.165, 1.54) is 4.88 Å². The highest BCUT2D eigenvalue weighted by atomic mass is 79.9. The quantitative estimate of drug-likeness (QED) is 0.926. The summed E-state index contributed by atoms with van der Waals surface area (Å²) in [6, 6.07) is 3.92. The third kappa shape index (κ3) is 2.07. The van der Waals surface area contributed by atoms with Crippen LogP contribution in [-0.4, -0.2) is 14.9 Å². The molecule has 1 unspecified atom stereocenters. The highest BCUT2D eigenvalue weighted by Gasteiger charge is 2.19. The molecule has 0 aliphatic rings. The Kier molecular flexibility index (Phi) is 3.19. The second-order valence-corrected chi connectivity index (χ2v) is 5.95. The first-order valence-electron chi connectivity index (χ1n) is 4.93. The topological polar surface area (TPSA) is 38.0 Å². The lowest BCUT2D eigenvalue weighted by Crippen LogP contribution is -2.00. The van der Waals surface area contributed by atoms with E-state index in [9.17, 15) is 5.11 Å². The average Bonchev–Trinajstić information content (AvgIpc) is 2.70. The summed E-state index contributed by atoms with van der Waals surface area (Å²) < 4.78 is 2.72. The number of hydrogen-bond acceptors (Lipinski definition) is 3. The van der Waals surface area contributed by atoms with Gasteiger partial charge in [0.15, 0.2) is 0 Å². The molecule has 5 heteroatoms. The van der Waals surface area contributed by atoms with Crippen LogP contribution in [0, 0.1) is 13.8 Å². The maximum atomic E-state index is 10.2. The molecule has 0 aliphatic carbocycles. The zero-order valence-electron chi connectivity index (χ0n) is 9.36. The van der Waals surface area contributed by atoms with Crippen LogP contribution in [0.1, 0.15) is 27.2 Å². The monoisotopic (exact) mass is 300 g/mol. The number of aliphatic hydroxyl groups excluding tert-OH is 1. The standard InChI is InChI=1S/C11H13BrN2OS/c1-6-4-9(13-14(6)3)10(15)11-8(12)5-7(2)16-11/h4-5,10,15H,1-3H3. The van der Waals surface area contributed by atoms with E-state index in [0.717, 1.165) is 15.0 Å². The fourth-order valence-corrected chi connectivity index (χ4v) is 3.41. The molecule has 2 heterocycles. The maximum Gasteiger partial charge on any atom is 0.133 e. The number of halogens is 1. The summed E-state index contributed by atoms with van der Waals surface area (Å²) in [5, 5.41) is 14.5. The number of aliphatic hydroxyl groups is 1. The lowest BCUT2D eigenvalue weighted by atomic mass is 10.2. The average molecular weight is 301 g/mol. The van der Waals surface area contributed by atoms with E-state index < -0.39 is 6.10 Å². The first kappa shape index (κ1) is 11.8. The Morgan fingerprint density at radius 1 is 1.44 bits per heavy atom. The SMILES string of the molecule is Cc1cc(Br)c(C(O)c2cc(C)n(C)n2)s1. The van der Waals surface area contributed by atoms with Gasteiger partial charge in [0.25, 0.3) is 0 Å². The van der Waals surface area contributed by atoms with E-state index in [2.05, 4.69) is 21.0 Å². The Morgan fingerprint density at radius 2 is 2.12 bits per heavy atom. The molecule has 2 aromatic heterocycles. The Hall–Kier alpha value is -0.650. The van der Waals surface area contributed by atoms with Crippen LogP contribution < -0.4 is 0 Å². The third-order valence-corrected chi connectivity index (χ3v) is 4.52. The zero-order valence-corrected chi connectivity index (χ0v) is 11.8. The predicted molar refractivity (Wildman–Crippen MR) is 68.8 cm³/mol. The fraction of sp³-hybridized carbons (Fsp3) is 0.364. The van der Waals surface area contributed by atoms with Gasteiger partial charge in [-0.25, -0.2) is 0 Å². The van der Waals surface area contributed by atoms with E-state index in [1.807, 2.05) is 33.0 Å². The maximum absolute atomic E-state index is 10.2. The summed E-state index contributed by atoms with van der Waals surface area (Å²) in [6.07, 6.45) is -0.645. The summed E-state index contributed by atoms with van der Waals surface area (Å²) in [5.74, 6) is 0. The van der Waals surface area contributed by atoms with E-state index in [-0.39, 0.29) is 0 Å². The lowest BCUT2D eigenvalue weighted by Gasteiger charge is -2.05. The van der Waals surface area contributed by atoms with Gasteiger partial charge >= 0.3 is 0 Å². The third-order valence-electron chi connectivity index (χ3n) is 2.50. The van der Waals surface area contributed by atoms with Crippen molar-refractivity contribution in [1.29, 1.82) is 0 Å². The predicted octanol–water partition coefficient (Wildman–Crippen LogP) is 2.94. The Balaban J connectivity index is 2.38. The fourth-order valence-electron chi connectivity index (χ4n) is 1.54. The molecule has 2 rings (SSSR count). The Bertz CT molecular complexity index is 499. The van der Waals surface area contributed by atoms with Gasteiger partial charge in [-0.2, -0.15) is 5.10 Å². The molecule has 86 valence electrons. The van der Waals surface area contributed by atoms with Crippen molar-refractivity contribution in [3.63, 3.8) is 0 Å². The number of thiophene rings is 1. The van der Waals surface area contributed by atoms with Crippen molar-refractivity contribution < 1.29 is 5.11 Å². The lowest BCUT2D eigenvalue weighted by molar-refractivity contribution is 0.217. The van der Waals surface area contributed by atoms with Crippen LogP contribution in [0.4, 0.5) is 0 Å². The highest BCUT2D eigenvalue weighted by Crippen LogP contribution is 2.35. The Morgan fingerprint density at radius 3 is 2.56 bits per heavy atom. The van der Waals surface area contributed by atoms with Crippen molar-refractivity contribution in [2.45, 2.75) is 20.0 Å². The van der Waals surface area contributed by atoms with Gasteiger partial charge in [-0.05, 0) is 41.9 Å². The van der Waals surface area contributed by atoms with Crippen molar-refractivity contribution >= 4 is 27.3 Å². The van der Waals surface area contributed by atoms with Crippen LogP contribution in [0.5, 0.6) is 0 Å². The van der Waals surface area contributed by atoms with Crippen LogP contribution in [0.15, 0.2) is 16.6 Å². The minimum Gasteiger partial charge on any atom is -0.381 e. The largest absolute Gasteiger partial charge is 0.381 e. The van der Waals surface area contributed by atoms with Gasteiger partial charge < -0.3 is 5.11 Å². The van der Waals surface area contributed by atoms with E-state index >= 15 is 0 Å². The molecule has 0 saturated heterocycles. The second-order valence-electron chi connectivity index (χ2n) is 3.81. The normalized spacial score (nSPS) is 13.1. The van der Waals surface area contributed by atoms with Gasteiger partial charge in [-0.1, -0.05) is 0 Å². The molecular weight excluding hydrogens is 288 g/mol. The molecular formula is C11H13BrN2OS. The second kappa shape index (κ2) is 4.31. The number of nitrogens with zero attached hydrogens (tertiary/aromatic N) is 2. The van der Waals surface area contributed by atoms with Gasteiger partial charge in [0.05, 0.1) is 10.6 Å². The summed E-state index contributed by atoms with van der Waals surface area (Å²) >= 11 is 5.04. The molecule has 0 aromatic carbocycles. The van der Waals surface area contributed by atoms with E-state index in [4.69, 9.17) is 0 Å². The molecule has 1 atom stereocenters. The molecule has 0 spiro atoms. The number of aromatic nitrogens is 2. The van der Waals surface area contributed by atoms with Crippen LogP contribution in [-0.2, 0) is 7.05 Å².